The largest absolute Gasteiger partial charge is 0.374 e. The summed E-state index contributed by atoms with van der Waals surface area (Å²) in [7, 11) is 1.87. The smallest absolute Gasteiger partial charge is 0.157 e. The molecule has 1 aromatic carbocycles. The Balaban J connectivity index is 2.52. The summed E-state index contributed by atoms with van der Waals surface area (Å²) in [6, 6.07) is 6.36. The number of ether oxygens (including phenoxy) is 1. The number of aryl methyl sites for hydroxylation is 3. The van der Waals surface area contributed by atoms with Gasteiger partial charge in [-0.25, -0.2) is 9.97 Å². The van der Waals surface area contributed by atoms with Crippen molar-refractivity contribution >= 4 is 5.82 Å². The van der Waals surface area contributed by atoms with E-state index >= 15 is 0 Å². The summed E-state index contributed by atoms with van der Waals surface area (Å²) in [6.07, 6.45) is 0. The quantitative estimate of drug-likeness (QED) is 0.911. The molecule has 1 aromatic heterocycles. The van der Waals surface area contributed by atoms with E-state index in [0.717, 1.165) is 11.5 Å². The highest BCUT2D eigenvalue weighted by Gasteiger charge is 2.11. The number of nitrogens with one attached hydrogen (secondary N) is 1. The van der Waals surface area contributed by atoms with Crippen molar-refractivity contribution < 1.29 is 4.74 Å². The van der Waals surface area contributed by atoms with Gasteiger partial charge in [0.25, 0.3) is 0 Å². The van der Waals surface area contributed by atoms with E-state index in [0.29, 0.717) is 19.0 Å². The van der Waals surface area contributed by atoms with Crippen LogP contribution in [0.2, 0.25) is 0 Å². The van der Waals surface area contributed by atoms with Gasteiger partial charge < -0.3 is 10.1 Å². The Hall–Kier alpha value is -1.94. The lowest BCUT2D eigenvalue weighted by Gasteiger charge is -2.13. The molecule has 0 saturated heterocycles. The monoisotopic (exact) mass is 285 g/mol. The second-order valence-electron chi connectivity index (χ2n) is 5.22. The van der Waals surface area contributed by atoms with E-state index < -0.39 is 0 Å². The van der Waals surface area contributed by atoms with Crippen LogP contribution in [0, 0.1) is 20.8 Å². The van der Waals surface area contributed by atoms with Gasteiger partial charge in [-0.15, -0.1) is 0 Å². The van der Waals surface area contributed by atoms with Crippen molar-refractivity contribution in [2.24, 2.45) is 0 Å². The van der Waals surface area contributed by atoms with Crippen molar-refractivity contribution in [2.75, 3.05) is 19.0 Å². The Morgan fingerprint density at radius 3 is 2.29 bits per heavy atom. The molecule has 0 aliphatic heterocycles. The van der Waals surface area contributed by atoms with Crippen LogP contribution >= 0.6 is 0 Å². The summed E-state index contributed by atoms with van der Waals surface area (Å²) in [5.41, 5.74) is 5.86. The van der Waals surface area contributed by atoms with Gasteiger partial charge in [0.1, 0.15) is 12.4 Å². The molecule has 1 N–H and O–H groups in total. The number of hydrogen-bond donors (Lipinski definition) is 1. The first-order valence-corrected chi connectivity index (χ1v) is 7.26. The molecule has 2 rings (SSSR count). The van der Waals surface area contributed by atoms with Crippen LogP contribution in [-0.2, 0) is 11.3 Å². The van der Waals surface area contributed by atoms with Crippen molar-refractivity contribution in [1.29, 1.82) is 0 Å². The number of rotatable bonds is 5. The minimum absolute atomic E-state index is 0.434. The molecule has 112 valence electrons. The zero-order valence-electron chi connectivity index (χ0n) is 13.4. The lowest BCUT2D eigenvalue weighted by molar-refractivity contribution is 0.128. The van der Waals surface area contributed by atoms with Gasteiger partial charge in [0.05, 0.1) is 5.69 Å². The third-order valence-electron chi connectivity index (χ3n) is 3.40. The second-order valence-corrected chi connectivity index (χ2v) is 5.22. The minimum Gasteiger partial charge on any atom is -0.374 e. The van der Waals surface area contributed by atoms with E-state index in [2.05, 4.69) is 48.2 Å². The van der Waals surface area contributed by atoms with Crippen molar-refractivity contribution in [3.05, 3.63) is 40.7 Å². The summed E-state index contributed by atoms with van der Waals surface area (Å²) in [5.74, 6) is 1.52. The summed E-state index contributed by atoms with van der Waals surface area (Å²) in [4.78, 5) is 9.11. The molecule has 0 amide bonds. The number of hydrogen-bond acceptors (Lipinski definition) is 4. The standard InChI is InChI=1S/C17H23N3O/c1-6-21-10-16-19-14(9-15(18-5)20-16)17-12(3)7-11(2)8-13(17)4/h7-9H,6,10H2,1-5H3,(H,18,19,20). The van der Waals surface area contributed by atoms with E-state index in [1.807, 2.05) is 20.0 Å². The van der Waals surface area contributed by atoms with Crippen LogP contribution in [0.5, 0.6) is 0 Å². The van der Waals surface area contributed by atoms with Crippen LogP contribution in [-0.4, -0.2) is 23.6 Å². The fourth-order valence-electron chi connectivity index (χ4n) is 2.60. The molecule has 0 saturated carbocycles. The van der Waals surface area contributed by atoms with Gasteiger partial charge in [0, 0.05) is 25.3 Å². The van der Waals surface area contributed by atoms with Gasteiger partial charge >= 0.3 is 0 Å². The minimum atomic E-state index is 0.434. The zero-order valence-corrected chi connectivity index (χ0v) is 13.4. The van der Waals surface area contributed by atoms with Crippen molar-refractivity contribution in [1.82, 2.24) is 9.97 Å². The van der Waals surface area contributed by atoms with E-state index in [1.165, 1.54) is 22.3 Å². The first kappa shape index (κ1) is 15.4. The summed E-state index contributed by atoms with van der Waals surface area (Å²) in [5, 5.41) is 3.10. The summed E-state index contributed by atoms with van der Waals surface area (Å²) >= 11 is 0. The van der Waals surface area contributed by atoms with Crippen molar-refractivity contribution in [3.63, 3.8) is 0 Å². The molecule has 0 fully saturated rings. The molecule has 21 heavy (non-hydrogen) atoms. The third-order valence-corrected chi connectivity index (χ3v) is 3.40. The van der Waals surface area contributed by atoms with Gasteiger partial charge in [0.15, 0.2) is 5.82 Å². The van der Waals surface area contributed by atoms with Gasteiger partial charge in [-0.3, -0.25) is 0 Å². The lowest BCUT2D eigenvalue weighted by Crippen LogP contribution is -2.05. The van der Waals surface area contributed by atoms with Crippen molar-refractivity contribution in [2.45, 2.75) is 34.3 Å². The fourth-order valence-corrected chi connectivity index (χ4v) is 2.60. The van der Waals surface area contributed by atoms with E-state index in [4.69, 9.17) is 4.74 Å². The lowest BCUT2D eigenvalue weighted by atomic mass is 9.97. The van der Waals surface area contributed by atoms with Crippen LogP contribution in [0.15, 0.2) is 18.2 Å². The molecule has 0 spiro atoms. The molecular formula is C17H23N3O. The number of anilines is 1. The predicted molar refractivity (Wildman–Crippen MR) is 86.6 cm³/mol. The van der Waals surface area contributed by atoms with Crippen LogP contribution < -0.4 is 5.32 Å². The van der Waals surface area contributed by atoms with Crippen LogP contribution in [0.4, 0.5) is 5.82 Å². The summed E-state index contributed by atoms with van der Waals surface area (Å²) in [6.45, 7) is 9.42. The predicted octanol–water partition coefficient (Wildman–Crippen LogP) is 3.65. The Morgan fingerprint density at radius 1 is 1.05 bits per heavy atom. The molecule has 0 atom stereocenters. The van der Waals surface area contributed by atoms with Crippen LogP contribution in [0.25, 0.3) is 11.3 Å². The fraction of sp³-hybridized carbons (Fsp3) is 0.412. The van der Waals surface area contributed by atoms with Gasteiger partial charge in [-0.05, 0) is 38.8 Å². The molecule has 0 radical (unpaired) electrons. The zero-order chi connectivity index (χ0) is 15.4. The van der Waals surface area contributed by atoms with Crippen molar-refractivity contribution in [3.8, 4) is 11.3 Å². The Labute approximate surface area is 126 Å². The highest BCUT2D eigenvalue weighted by atomic mass is 16.5. The number of aromatic nitrogens is 2. The average molecular weight is 285 g/mol. The number of benzene rings is 1. The highest BCUT2D eigenvalue weighted by molar-refractivity contribution is 5.70. The van der Waals surface area contributed by atoms with Gasteiger partial charge in [-0.1, -0.05) is 17.7 Å². The molecular weight excluding hydrogens is 262 g/mol. The topological polar surface area (TPSA) is 47.0 Å². The molecule has 0 bridgehead atoms. The maximum atomic E-state index is 5.44. The van der Waals surface area contributed by atoms with Crippen LogP contribution in [0.1, 0.15) is 29.4 Å². The van der Waals surface area contributed by atoms with Crippen LogP contribution in [0.3, 0.4) is 0 Å². The third kappa shape index (κ3) is 3.58. The first-order chi connectivity index (χ1) is 10.0. The molecule has 4 heteroatoms. The molecule has 1 heterocycles. The molecule has 4 nitrogen and oxygen atoms in total. The average Bonchev–Trinajstić information content (AvgIpc) is 2.43. The normalized spacial score (nSPS) is 10.7. The molecule has 0 aliphatic rings. The Bertz CT molecular complexity index is 615. The Kier molecular flexibility index (Phi) is 4.91. The van der Waals surface area contributed by atoms with E-state index in [1.54, 1.807) is 0 Å². The van der Waals surface area contributed by atoms with E-state index in [-0.39, 0.29) is 0 Å². The SMILES string of the molecule is CCOCc1nc(NC)cc(-c2c(C)cc(C)cc2C)n1. The maximum absolute atomic E-state index is 5.44. The number of nitrogens with zero attached hydrogens (tertiary/aromatic N) is 2. The highest BCUT2D eigenvalue weighted by Crippen LogP contribution is 2.28. The molecule has 0 unspecified atom stereocenters. The van der Waals surface area contributed by atoms with Gasteiger partial charge in [-0.2, -0.15) is 0 Å². The first-order valence-electron chi connectivity index (χ1n) is 7.26. The van der Waals surface area contributed by atoms with E-state index in [9.17, 15) is 0 Å². The summed E-state index contributed by atoms with van der Waals surface area (Å²) < 4.78 is 5.44. The maximum Gasteiger partial charge on any atom is 0.157 e. The Morgan fingerprint density at radius 2 is 1.71 bits per heavy atom. The second kappa shape index (κ2) is 6.68. The molecule has 2 aromatic rings. The molecule has 0 aliphatic carbocycles. The van der Waals surface area contributed by atoms with Gasteiger partial charge in [0.2, 0.25) is 0 Å².